The molecule has 0 radical (unpaired) electrons. The second-order valence-corrected chi connectivity index (χ2v) is 5.42. The van der Waals surface area contributed by atoms with Gasteiger partial charge in [-0.2, -0.15) is 0 Å². The first-order valence-electron chi connectivity index (χ1n) is 6.25. The molecule has 0 amide bonds. The molecule has 1 aliphatic heterocycles. The fraction of sp³-hybridized carbons (Fsp3) is 1.00. The van der Waals surface area contributed by atoms with Crippen LogP contribution >= 0.6 is 0 Å². The van der Waals surface area contributed by atoms with E-state index in [1.165, 1.54) is 38.6 Å². The Kier molecular flexibility index (Phi) is 3.45. The molecule has 0 spiro atoms. The molecular formula is C12H24N2. The molecule has 2 aliphatic rings. The van der Waals surface area contributed by atoms with Crippen LogP contribution in [0.3, 0.4) is 0 Å². The minimum atomic E-state index is 0.626. The Morgan fingerprint density at radius 2 is 1.93 bits per heavy atom. The van der Waals surface area contributed by atoms with Crippen LogP contribution in [0, 0.1) is 11.8 Å². The van der Waals surface area contributed by atoms with Crippen LogP contribution in [0.1, 0.15) is 46.0 Å². The van der Waals surface area contributed by atoms with Gasteiger partial charge in [0.1, 0.15) is 0 Å². The van der Waals surface area contributed by atoms with Crippen molar-refractivity contribution >= 4 is 0 Å². The molecule has 2 rings (SSSR count). The van der Waals surface area contributed by atoms with Gasteiger partial charge in [-0.3, -0.25) is 5.32 Å². The molecule has 0 bridgehead atoms. The SMILES string of the molecule is CC(C)CC1CNC(C2CCCC2)N1. The van der Waals surface area contributed by atoms with Crippen molar-refractivity contribution in [1.29, 1.82) is 0 Å². The molecule has 2 heteroatoms. The third-order valence-corrected chi connectivity index (χ3v) is 3.63. The lowest BCUT2D eigenvalue weighted by atomic mass is 10.0. The van der Waals surface area contributed by atoms with Crippen molar-refractivity contribution in [2.24, 2.45) is 11.8 Å². The minimum Gasteiger partial charge on any atom is -0.300 e. The van der Waals surface area contributed by atoms with Crippen LogP contribution in [0.5, 0.6) is 0 Å². The summed E-state index contributed by atoms with van der Waals surface area (Å²) in [4.78, 5) is 0. The van der Waals surface area contributed by atoms with E-state index in [2.05, 4.69) is 24.5 Å². The first kappa shape index (κ1) is 10.4. The molecule has 2 fully saturated rings. The Hall–Kier alpha value is -0.0800. The standard InChI is InChI=1S/C12H24N2/c1-9(2)7-11-8-13-12(14-11)10-5-3-4-6-10/h9-14H,3-8H2,1-2H3. The van der Waals surface area contributed by atoms with E-state index >= 15 is 0 Å². The minimum absolute atomic E-state index is 0.626. The van der Waals surface area contributed by atoms with Crippen LogP contribution in [0.25, 0.3) is 0 Å². The molecule has 2 nitrogen and oxygen atoms in total. The maximum atomic E-state index is 3.75. The Balaban J connectivity index is 1.76. The lowest BCUT2D eigenvalue weighted by Gasteiger charge is -2.20. The van der Waals surface area contributed by atoms with Crippen molar-refractivity contribution in [2.45, 2.75) is 58.2 Å². The second kappa shape index (κ2) is 4.63. The van der Waals surface area contributed by atoms with Gasteiger partial charge in [-0.15, -0.1) is 0 Å². The molecule has 14 heavy (non-hydrogen) atoms. The summed E-state index contributed by atoms with van der Waals surface area (Å²) in [6.45, 7) is 5.80. The van der Waals surface area contributed by atoms with E-state index in [0.717, 1.165) is 17.9 Å². The van der Waals surface area contributed by atoms with Crippen molar-refractivity contribution < 1.29 is 0 Å². The zero-order valence-electron chi connectivity index (χ0n) is 9.55. The predicted octanol–water partition coefficient (Wildman–Crippen LogP) is 2.11. The predicted molar refractivity (Wildman–Crippen MR) is 60.1 cm³/mol. The third-order valence-electron chi connectivity index (χ3n) is 3.63. The van der Waals surface area contributed by atoms with Crippen LogP contribution in [0.2, 0.25) is 0 Å². The summed E-state index contributed by atoms with van der Waals surface area (Å²) in [7, 11) is 0. The molecule has 1 saturated carbocycles. The Bertz CT molecular complexity index is 173. The van der Waals surface area contributed by atoms with Crippen LogP contribution in [-0.2, 0) is 0 Å². The molecule has 0 aromatic rings. The van der Waals surface area contributed by atoms with E-state index in [1.54, 1.807) is 0 Å². The molecule has 82 valence electrons. The van der Waals surface area contributed by atoms with Gasteiger partial charge in [-0.25, -0.2) is 0 Å². The summed E-state index contributed by atoms with van der Waals surface area (Å²) in [6, 6.07) is 0.723. The largest absolute Gasteiger partial charge is 0.300 e. The van der Waals surface area contributed by atoms with Crippen molar-refractivity contribution in [2.75, 3.05) is 6.54 Å². The third kappa shape index (κ3) is 2.48. The zero-order valence-corrected chi connectivity index (χ0v) is 9.55. The summed E-state index contributed by atoms with van der Waals surface area (Å²) >= 11 is 0. The van der Waals surface area contributed by atoms with Crippen molar-refractivity contribution in [3.63, 3.8) is 0 Å². The highest BCUT2D eigenvalue weighted by molar-refractivity contribution is 4.89. The zero-order chi connectivity index (χ0) is 9.97. The summed E-state index contributed by atoms with van der Waals surface area (Å²) < 4.78 is 0. The van der Waals surface area contributed by atoms with Crippen LogP contribution < -0.4 is 10.6 Å². The van der Waals surface area contributed by atoms with Gasteiger partial charge in [-0.05, 0) is 31.1 Å². The van der Waals surface area contributed by atoms with Crippen molar-refractivity contribution in [3.05, 3.63) is 0 Å². The maximum Gasteiger partial charge on any atom is 0.0603 e. The van der Waals surface area contributed by atoms with E-state index in [1.807, 2.05) is 0 Å². The first-order valence-corrected chi connectivity index (χ1v) is 6.25. The molecule has 1 aliphatic carbocycles. The molecule has 2 N–H and O–H groups in total. The van der Waals surface area contributed by atoms with Gasteiger partial charge in [0.2, 0.25) is 0 Å². The van der Waals surface area contributed by atoms with Gasteiger partial charge in [-0.1, -0.05) is 26.7 Å². The van der Waals surface area contributed by atoms with E-state index in [0.29, 0.717) is 6.17 Å². The van der Waals surface area contributed by atoms with Gasteiger partial charge in [0.15, 0.2) is 0 Å². The summed E-state index contributed by atoms with van der Waals surface area (Å²) in [5, 5.41) is 7.40. The number of hydrogen-bond donors (Lipinski definition) is 2. The van der Waals surface area contributed by atoms with Crippen LogP contribution in [0.4, 0.5) is 0 Å². The molecule has 0 aromatic carbocycles. The van der Waals surface area contributed by atoms with Gasteiger partial charge in [0, 0.05) is 12.6 Å². The number of nitrogens with one attached hydrogen (secondary N) is 2. The monoisotopic (exact) mass is 196 g/mol. The normalized spacial score (nSPS) is 34.5. The van der Waals surface area contributed by atoms with Gasteiger partial charge >= 0.3 is 0 Å². The van der Waals surface area contributed by atoms with Gasteiger partial charge < -0.3 is 5.32 Å². The molecule has 0 aromatic heterocycles. The number of hydrogen-bond acceptors (Lipinski definition) is 2. The average molecular weight is 196 g/mol. The fourth-order valence-electron chi connectivity index (χ4n) is 2.95. The molecular weight excluding hydrogens is 172 g/mol. The van der Waals surface area contributed by atoms with Gasteiger partial charge in [0.25, 0.3) is 0 Å². The highest BCUT2D eigenvalue weighted by atomic mass is 15.2. The van der Waals surface area contributed by atoms with E-state index < -0.39 is 0 Å². The second-order valence-electron chi connectivity index (χ2n) is 5.42. The molecule has 1 saturated heterocycles. The highest BCUT2D eigenvalue weighted by Gasteiger charge is 2.31. The lowest BCUT2D eigenvalue weighted by Crippen LogP contribution is -2.39. The fourth-order valence-corrected chi connectivity index (χ4v) is 2.95. The van der Waals surface area contributed by atoms with Crippen molar-refractivity contribution in [3.8, 4) is 0 Å². The van der Waals surface area contributed by atoms with E-state index in [4.69, 9.17) is 0 Å². The number of rotatable bonds is 3. The smallest absolute Gasteiger partial charge is 0.0603 e. The average Bonchev–Trinajstić information content (AvgIpc) is 2.69. The van der Waals surface area contributed by atoms with Gasteiger partial charge in [0.05, 0.1) is 6.17 Å². The Morgan fingerprint density at radius 3 is 2.57 bits per heavy atom. The van der Waals surface area contributed by atoms with Crippen LogP contribution in [0.15, 0.2) is 0 Å². The molecule has 2 atom stereocenters. The summed E-state index contributed by atoms with van der Waals surface area (Å²) in [6.07, 6.45) is 7.69. The highest BCUT2D eigenvalue weighted by Crippen LogP contribution is 2.28. The Labute approximate surface area is 87.8 Å². The van der Waals surface area contributed by atoms with E-state index in [-0.39, 0.29) is 0 Å². The summed E-state index contributed by atoms with van der Waals surface area (Å²) in [5.74, 6) is 1.73. The lowest BCUT2D eigenvalue weighted by molar-refractivity contribution is 0.349. The quantitative estimate of drug-likeness (QED) is 0.722. The van der Waals surface area contributed by atoms with Crippen LogP contribution in [-0.4, -0.2) is 18.8 Å². The van der Waals surface area contributed by atoms with E-state index in [9.17, 15) is 0 Å². The first-order chi connectivity index (χ1) is 6.75. The molecule has 2 unspecified atom stereocenters. The van der Waals surface area contributed by atoms with Crippen molar-refractivity contribution in [1.82, 2.24) is 10.6 Å². The Morgan fingerprint density at radius 1 is 1.21 bits per heavy atom. The topological polar surface area (TPSA) is 24.1 Å². The maximum absolute atomic E-state index is 3.75. The summed E-state index contributed by atoms with van der Waals surface area (Å²) in [5.41, 5.74) is 0. The molecule has 1 heterocycles.